The Morgan fingerprint density at radius 2 is 2.04 bits per heavy atom. The molecule has 0 spiro atoms. The van der Waals surface area contributed by atoms with E-state index >= 15 is 0 Å². The minimum absolute atomic E-state index is 0.0770. The first-order chi connectivity index (χ1) is 12.6. The van der Waals surface area contributed by atoms with E-state index in [1.165, 1.54) is 0 Å². The van der Waals surface area contributed by atoms with E-state index in [2.05, 4.69) is 20.5 Å². The number of aliphatic imine (C=N–C) groups is 1. The van der Waals surface area contributed by atoms with E-state index in [0.29, 0.717) is 12.5 Å². The molecule has 0 saturated carbocycles. The molecule has 1 unspecified atom stereocenters. The largest absolute Gasteiger partial charge is 0.368 e. The molecule has 6 nitrogen and oxygen atoms in total. The third kappa shape index (κ3) is 6.01. The summed E-state index contributed by atoms with van der Waals surface area (Å²) in [7, 11) is -1.46. The number of piperidine rings is 1. The van der Waals surface area contributed by atoms with Crippen LogP contribution in [0.15, 0.2) is 29.3 Å². The van der Waals surface area contributed by atoms with E-state index in [0.717, 1.165) is 36.6 Å². The van der Waals surface area contributed by atoms with Crippen molar-refractivity contribution in [2.24, 2.45) is 4.99 Å². The van der Waals surface area contributed by atoms with Crippen molar-refractivity contribution >= 4 is 33.1 Å². The van der Waals surface area contributed by atoms with Crippen molar-refractivity contribution in [1.82, 2.24) is 10.6 Å². The molecular formula is C19H31ClN4O2S. The number of para-hydroxylation sites is 1. The zero-order valence-electron chi connectivity index (χ0n) is 16.6. The molecule has 27 heavy (non-hydrogen) atoms. The number of rotatable bonds is 5. The number of benzene rings is 1. The summed E-state index contributed by atoms with van der Waals surface area (Å²) < 4.78 is 23.7. The van der Waals surface area contributed by atoms with Gasteiger partial charge in [-0.05, 0) is 45.7 Å². The van der Waals surface area contributed by atoms with Crippen LogP contribution < -0.4 is 15.5 Å². The Bertz CT molecular complexity index is 759. The highest BCUT2D eigenvalue weighted by Crippen LogP contribution is 2.27. The van der Waals surface area contributed by atoms with Gasteiger partial charge in [0.2, 0.25) is 0 Å². The molecule has 1 aliphatic heterocycles. The van der Waals surface area contributed by atoms with Gasteiger partial charge < -0.3 is 15.5 Å². The maximum atomic E-state index is 12.2. The summed E-state index contributed by atoms with van der Waals surface area (Å²) in [5.41, 5.74) is 1.05. The minimum Gasteiger partial charge on any atom is -0.368 e. The van der Waals surface area contributed by atoms with Gasteiger partial charge in [0.1, 0.15) is 0 Å². The minimum atomic E-state index is -3.15. The van der Waals surface area contributed by atoms with Crippen molar-refractivity contribution in [3.05, 3.63) is 29.3 Å². The maximum absolute atomic E-state index is 12.2. The van der Waals surface area contributed by atoms with Crippen LogP contribution in [-0.4, -0.2) is 57.6 Å². The third-order valence-electron chi connectivity index (χ3n) is 4.78. The molecule has 1 fully saturated rings. The lowest BCUT2D eigenvalue weighted by molar-refractivity contribution is 0.468. The van der Waals surface area contributed by atoms with E-state index in [9.17, 15) is 8.42 Å². The van der Waals surface area contributed by atoms with Gasteiger partial charge in [-0.3, -0.25) is 4.99 Å². The molecule has 0 radical (unpaired) electrons. The summed E-state index contributed by atoms with van der Waals surface area (Å²) in [5, 5.41) is 7.29. The predicted octanol–water partition coefficient (Wildman–Crippen LogP) is 2.69. The number of halogens is 1. The monoisotopic (exact) mass is 414 g/mol. The number of nitrogens with zero attached hydrogens (tertiary/aromatic N) is 2. The predicted molar refractivity (Wildman–Crippen MR) is 115 cm³/mol. The lowest BCUT2D eigenvalue weighted by Crippen LogP contribution is -2.52. The lowest BCUT2D eigenvalue weighted by atomic mass is 10.0. The van der Waals surface area contributed by atoms with E-state index in [1.54, 1.807) is 27.8 Å². The maximum Gasteiger partial charge on any atom is 0.191 e. The van der Waals surface area contributed by atoms with Crippen LogP contribution in [0.1, 0.15) is 33.6 Å². The number of nitrogens with one attached hydrogen (secondary N) is 2. The van der Waals surface area contributed by atoms with E-state index < -0.39 is 14.6 Å². The average Bonchev–Trinajstić information content (AvgIpc) is 2.60. The third-order valence-corrected chi connectivity index (χ3v) is 7.70. The fourth-order valence-corrected chi connectivity index (χ4v) is 4.26. The van der Waals surface area contributed by atoms with Gasteiger partial charge in [-0.2, -0.15) is 0 Å². The normalized spacial score (nSPS) is 19.1. The van der Waals surface area contributed by atoms with Crippen molar-refractivity contribution in [3.63, 3.8) is 0 Å². The molecule has 152 valence electrons. The Hall–Kier alpha value is -1.47. The van der Waals surface area contributed by atoms with Gasteiger partial charge in [-0.15, -0.1) is 0 Å². The SMILES string of the molecule is CN=C(NCCS(=O)(=O)C(C)(C)C)NC1CCCN(c2ccccc2Cl)C1. The zero-order chi connectivity index (χ0) is 20.1. The summed E-state index contributed by atoms with van der Waals surface area (Å²) in [4.78, 5) is 6.51. The van der Waals surface area contributed by atoms with Crippen LogP contribution in [0.25, 0.3) is 0 Å². The molecular weight excluding hydrogens is 384 g/mol. The van der Waals surface area contributed by atoms with E-state index in [1.807, 2.05) is 24.3 Å². The number of hydrogen-bond donors (Lipinski definition) is 2. The molecule has 1 aliphatic rings. The van der Waals surface area contributed by atoms with Gasteiger partial charge in [-0.1, -0.05) is 23.7 Å². The van der Waals surface area contributed by atoms with Crippen molar-refractivity contribution < 1.29 is 8.42 Å². The quantitative estimate of drug-likeness (QED) is 0.572. The van der Waals surface area contributed by atoms with Crippen LogP contribution >= 0.6 is 11.6 Å². The second-order valence-electron chi connectivity index (χ2n) is 7.81. The molecule has 1 heterocycles. The standard InChI is InChI=1S/C19H31ClN4O2S/c1-19(2,3)27(25,26)13-11-22-18(21-4)23-15-8-7-12-24(14-15)17-10-6-5-9-16(17)20/h5-6,9-10,15H,7-8,11-14H2,1-4H3,(H2,21,22,23). The topological polar surface area (TPSA) is 73.8 Å². The van der Waals surface area contributed by atoms with Gasteiger partial charge in [0.05, 0.1) is 21.2 Å². The number of anilines is 1. The van der Waals surface area contributed by atoms with Crippen molar-refractivity contribution in [2.75, 3.05) is 37.3 Å². The Labute approximate surface area is 168 Å². The molecule has 0 bridgehead atoms. The highest BCUT2D eigenvalue weighted by Gasteiger charge is 2.28. The molecule has 1 atom stereocenters. The van der Waals surface area contributed by atoms with Gasteiger partial charge >= 0.3 is 0 Å². The van der Waals surface area contributed by atoms with Gasteiger partial charge in [0.25, 0.3) is 0 Å². The Kier molecular flexibility index (Phi) is 7.40. The molecule has 1 saturated heterocycles. The zero-order valence-corrected chi connectivity index (χ0v) is 18.2. The van der Waals surface area contributed by atoms with Crippen LogP contribution in [0.4, 0.5) is 5.69 Å². The Balaban J connectivity index is 1.90. The van der Waals surface area contributed by atoms with Crippen molar-refractivity contribution in [2.45, 2.75) is 44.4 Å². The first-order valence-electron chi connectivity index (χ1n) is 9.33. The van der Waals surface area contributed by atoms with Crippen LogP contribution in [0.3, 0.4) is 0 Å². The first kappa shape index (κ1) is 21.8. The summed E-state index contributed by atoms with van der Waals surface area (Å²) in [6.45, 7) is 7.30. The highest BCUT2D eigenvalue weighted by atomic mass is 35.5. The molecule has 8 heteroatoms. The van der Waals surface area contributed by atoms with Gasteiger partial charge in [-0.25, -0.2) is 8.42 Å². The molecule has 1 aromatic carbocycles. The molecule has 2 N–H and O–H groups in total. The van der Waals surface area contributed by atoms with Gasteiger partial charge in [0.15, 0.2) is 15.8 Å². The first-order valence-corrected chi connectivity index (χ1v) is 11.4. The van der Waals surface area contributed by atoms with E-state index in [4.69, 9.17) is 11.6 Å². The summed E-state index contributed by atoms with van der Waals surface area (Å²) in [6, 6.07) is 8.09. The molecule has 2 rings (SSSR count). The van der Waals surface area contributed by atoms with Crippen LogP contribution in [-0.2, 0) is 9.84 Å². The van der Waals surface area contributed by atoms with Crippen LogP contribution in [0.5, 0.6) is 0 Å². The van der Waals surface area contributed by atoms with Crippen molar-refractivity contribution in [1.29, 1.82) is 0 Å². The average molecular weight is 415 g/mol. The van der Waals surface area contributed by atoms with Gasteiger partial charge in [0, 0.05) is 32.7 Å². The lowest BCUT2D eigenvalue weighted by Gasteiger charge is -2.35. The Morgan fingerprint density at radius 1 is 1.33 bits per heavy atom. The van der Waals surface area contributed by atoms with Crippen LogP contribution in [0, 0.1) is 0 Å². The smallest absolute Gasteiger partial charge is 0.191 e. The number of sulfone groups is 1. The summed E-state index contributed by atoms with van der Waals surface area (Å²) >= 11 is 6.33. The van der Waals surface area contributed by atoms with Crippen molar-refractivity contribution in [3.8, 4) is 0 Å². The fraction of sp³-hybridized carbons (Fsp3) is 0.632. The second kappa shape index (κ2) is 9.15. The second-order valence-corrected chi connectivity index (χ2v) is 11.1. The molecule has 0 aromatic heterocycles. The van der Waals surface area contributed by atoms with E-state index in [-0.39, 0.29) is 11.8 Å². The number of guanidine groups is 1. The van der Waals surface area contributed by atoms with Crippen LogP contribution in [0.2, 0.25) is 5.02 Å². The summed E-state index contributed by atoms with van der Waals surface area (Å²) in [6.07, 6.45) is 2.08. The fourth-order valence-electron chi connectivity index (χ4n) is 3.02. The highest BCUT2D eigenvalue weighted by molar-refractivity contribution is 7.92. The molecule has 1 aromatic rings. The Morgan fingerprint density at radius 3 is 2.67 bits per heavy atom. The molecule has 0 aliphatic carbocycles. The summed E-state index contributed by atoms with van der Waals surface area (Å²) in [5.74, 6) is 0.707. The number of hydrogen-bond acceptors (Lipinski definition) is 4. The molecule has 0 amide bonds.